The molecule has 9 nitrogen and oxygen atoms in total. The van der Waals surface area contributed by atoms with Crippen LogP contribution in [0.15, 0.2) is 36.0 Å². The maximum absolute atomic E-state index is 15.2. The monoisotopic (exact) mass is 592 g/mol. The molecule has 1 saturated heterocycles. The molecule has 13 heteroatoms. The lowest BCUT2D eigenvalue weighted by molar-refractivity contribution is -0.134. The molecule has 0 bridgehead atoms. The summed E-state index contributed by atoms with van der Waals surface area (Å²) in [5, 5.41) is 8.94. The highest BCUT2D eigenvalue weighted by Crippen LogP contribution is 2.31. The summed E-state index contributed by atoms with van der Waals surface area (Å²) in [7, 11) is 0. The van der Waals surface area contributed by atoms with E-state index in [4.69, 9.17) is 5.73 Å². The van der Waals surface area contributed by atoms with Crippen molar-refractivity contribution < 1.29 is 27.6 Å². The van der Waals surface area contributed by atoms with E-state index in [2.05, 4.69) is 27.1 Å². The molecule has 3 atom stereocenters. The number of carbonyl (C=O) groups excluding carboxylic acids is 3. The molecule has 2 fully saturated rings. The van der Waals surface area contributed by atoms with Crippen LogP contribution in [0, 0.1) is 17.7 Å². The molecule has 3 amide bonds. The molecule has 0 spiro atoms. The Labute approximate surface area is 240 Å². The highest BCUT2D eigenvalue weighted by atomic mass is 32.1. The van der Waals surface area contributed by atoms with E-state index in [1.54, 1.807) is 13.0 Å². The zero-order valence-corrected chi connectivity index (χ0v) is 23.9. The van der Waals surface area contributed by atoms with Crippen LogP contribution >= 0.6 is 11.5 Å². The molecule has 1 aliphatic heterocycles. The Morgan fingerprint density at radius 1 is 1.12 bits per heavy atom. The van der Waals surface area contributed by atoms with Crippen molar-refractivity contribution in [3.05, 3.63) is 52.3 Å². The van der Waals surface area contributed by atoms with E-state index in [9.17, 15) is 23.2 Å². The lowest BCUT2D eigenvalue weighted by Gasteiger charge is -2.34. The van der Waals surface area contributed by atoms with Gasteiger partial charge in [-0.05, 0) is 72.3 Å². The van der Waals surface area contributed by atoms with Crippen LogP contribution < -0.4 is 16.4 Å². The first kappa shape index (κ1) is 30.6. The van der Waals surface area contributed by atoms with Crippen molar-refractivity contribution in [2.45, 2.75) is 70.4 Å². The quantitative estimate of drug-likeness (QED) is 0.416. The van der Waals surface area contributed by atoms with E-state index in [-0.39, 0.29) is 48.0 Å². The van der Waals surface area contributed by atoms with Crippen molar-refractivity contribution in [1.82, 2.24) is 19.8 Å². The van der Waals surface area contributed by atoms with Crippen LogP contribution in [-0.4, -0.2) is 57.4 Å². The van der Waals surface area contributed by atoms with Crippen LogP contribution in [0.2, 0.25) is 0 Å². The molecule has 4 rings (SSSR count). The zero-order chi connectivity index (χ0) is 29.7. The number of carbonyl (C=O) groups is 3. The molecule has 1 aliphatic carbocycles. The van der Waals surface area contributed by atoms with Crippen LogP contribution in [0.1, 0.15) is 73.5 Å². The molecule has 1 saturated carbocycles. The van der Waals surface area contributed by atoms with Crippen LogP contribution in [0.4, 0.5) is 18.9 Å². The normalized spacial score (nSPS) is 21.5. The van der Waals surface area contributed by atoms with E-state index < -0.39 is 47.6 Å². The molecule has 0 radical (unpaired) electrons. The molecule has 4 N–H and O–H groups in total. The first-order valence-corrected chi connectivity index (χ1v) is 14.6. The maximum Gasteiger partial charge on any atom is 0.269 e. The third-order valence-corrected chi connectivity index (χ3v) is 8.90. The summed E-state index contributed by atoms with van der Waals surface area (Å²) in [6, 6.07) is 2.34. The number of rotatable bonds is 8. The lowest BCUT2D eigenvalue weighted by Crippen LogP contribution is -2.52. The Morgan fingerprint density at radius 3 is 2.39 bits per heavy atom. The average molecular weight is 593 g/mol. The van der Waals surface area contributed by atoms with E-state index >= 15 is 4.39 Å². The number of hydrogen-bond acceptors (Lipinski definition) is 7. The fraction of sp³-hybridized carbons (Fsp3) is 0.536. The summed E-state index contributed by atoms with van der Waals surface area (Å²) in [5.74, 6) is -2.25. The first-order chi connectivity index (χ1) is 19.5. The number of nitrogens with one attached hydrogen (secondary N) is 2. The van der Waals surface area contributed by atoms with Gasteiger partial charge in [0.1, 0.15) is 16.7 Å². The molecule has 1 aromatic carbocycles. The van der Waals surface area contributed by atoms with Crippen molar-refractivity contribution in [2.75, 3.05) is 18.4 Å². The van der Waals surface area contributed by atoms with Gasteiger partial charge in [0.25, 0.3) is 12.0 Å². The van der Waals surface area contributed by atoms with E-state index in [1.807, 2.05) is 0 Å². The van der Waals surface area contributed by atoms with Gasteiger partial charge in [0.05, 0.1) is 17.9 Å². The molecular formula is C28H35F3N6O3S. The van der Waals surface area contributed by atoms with Crippen molar-refractivity contribution >= 4 is 34.9 Å². The minimum absolute atomic E-state index is 0.0101. The van der Waals surface area contributed by atoms with Gasteiger partial charge in [0, 0.05) is 19.0 Å². The van der Waals surface area contributed by atoms with Crippen LogP contribution in [0.25, 0.3) is 0 Å². The Kier molecular flexibility index (Phi) is 10.1. The number of benzene rings is 1. The summed E-state index contributed by atoms with van der Waals surface area (Å²) in [6.45, 7) is 3.99. The van der Waals surface area contributed by atoms with Gasteiger partial charge in [0.2, 0.25) is 11.8 Å². The fourth-order valence-corrected chi connectivity index (χ4v) is 5.86. The molecule has 2 aliphatic rings. The standard InChI is InChI=1S/C28H35F3N6O3S/c1-15-3-5-17(6-4-15)23(32)27(39)34-21-8-7-19(13-20(21)29)16(2)24(35-26(38)22-14-33-36-41-22)28(40)37-11-9-18(10-12-37)25(30)31/h7-8,13-17,23-24H,3-6,9-12,32H2,1-2H3,(H,34,39)(H,35,38)/t15?,16-,17?,23-,24+/m0/s1. The van der Waals surface area contributed by atoms with Crippen LogP contribution in [0.3, 0.4) is 0 Å². The molecule has 222 valence electrons. The number of halogens is 3. The van der Waals surface area contributed by atoms with Gasteiger partial charge in [-0.1, -0.05) is 37.2 Å². The molecule has 2 heterocycles. The third kappa shape index (κ3) is 7.50. The van der Waals surface area contributed by atoms with Crippen molar-refractivity contribution in [1.29, 1.82) is 0 Å². The summed E-state index contributed by atoms with van der Waals surface area (Å²) in [5.41, 5.74) is 6.58. The van der Waals surface area contributed by atoms with Crippen molar-refractivity contribution in [2.24, 2.45) is 17.6 Å². The summed E-state index contributed by atoms with van der Waals surface area (Å²) in [6.07, 6.45) is 3.32. The lowest BCUT2D eigenvalue weighted by atomic mass is 9.79. The second-order valence-corrected chi connectivity index (χ2v) is 11.8. The van der Waals surface area contributed by atoms with Crippen LogP contribution in [0.5, 0.6) is 0 Å². The highest BCUT2D eigenvalue weighted by Gasteiger charge is 2.34. The smallest absolute Gasteiger partial charge is 0.269 e. The second-order valence-electron chi connectivity index (χ2n) is 11.0. The summed E-state index contributed by atoms with van der Waals surface area (Å²) >= 11 is 0.856. The predicted octanol–water partition coefficient (Wildman–Crippen LogP) is 4.44. The topological polar surface area (TPSA) is 130 Å². The third-order valence-electron chi connectivity index (χ3n) is 8.23. The van der Waals surface area contributed by atoms with Gasteiger partial charge < -0.3 is 21.3 Å². The molecule has 2 aromatic rings. The van der Waals surface area contributed by atoms with E-state index in [1.165, 1.54) is 23.2 Å². The minimum atomic E-state index is -1.73. The first-order valence-electron chi connectivity index (χ1n) is 13.8. The molecule has 0 unspecified atom stereocenters. The number of piperidine rings is 1. The van der Waals surface area contributed by atoms with Gasteiger partial charge >= 0.3 is 0 Å². The number of nitrogens with two attached hydrogens (primary N) is 1. The maximum atomic E-state index is 15.2. The van der Waals surface area contributed by atoms with Gasteiger partial charge in [-0.25, -0.2) is 4.39 Å². The van der Waals surface area contributed by atoms with Gasteiger partial charge in [-0.2, -0.15) is 8.78 Å². The number of anilines is 1. The van der Waals surface area contributed by atoms with Crippen molar-refractivity contribution in [3.8, 4) is 0 Å². The SMILES string of the molecule is CC1CCC([C@H](N)C(=O)Nc2ccc([C@H](C)[C@@H](NC(=O)c3cnns3)C(=O)N3CCC(=C(F)F)CC3)cc2F)CC1. The Balaban J connectivity index is 1.49. The second kappa shape index (κ2) is 13.6. The number of amides is 3. The molecule has 41 heavy (non-hydrogen) atoms. The predicted molar refractivity (Wildman–Crippen MR) is 149 cm³/mol. The number of nitrogens with zero attached hydrogens (tertiary/aromatic N) is 3. The largest absolute Gasteiger partial charge is 0.340 e. The number of hydrogen-bond donors (Lipinski definition) is 3. The number of aromatic nitrogens is 2. The minimum Gasteiger partial charge on any atom is -0.340 e. The van der Waals surface area contributed by atoms with Gasteiger partial charge in [-0.3, -0.25) is 14.4 Å². The fourth-order valence-electron chi connectivity index (χ4n) is 5.45. The Morgan fingerprint density at radius 2 is 1.80 bits per heavy atom. The molecular weight excluding hydrogens is 557 g/mol. The van der Waals surface area contributed by atoms with E-state index in [0.717, 1.165) is 37.2 Å². The molecule has 1 aromatic heterocycles. The highest BCUT2D eigenvalue weighted by molar-refractivity contribution is 7.07. The Bertz CT molecular complexity index is 1270. The summed E-state index contributed by atoms with van der Waals surface area (Å²) < 4.78 is 44.9. The number of likely N-dealkylation sites (tertiary alicyclic amines) is 1. The van der Waals surface area contributed by atoms with E-state index in [0.29, 0.717) is 11.5 Å². The summed E-state index contributed by atoms with van der Waals surface area (Å²) in [4.78, 5) is 40.8. The Hall–Kier alpha value is -3.32. The van der Waals surface area contributed by atoms with Crippen molar-refractivity contribution in [3.63, 3.8) is 0 Å². The zero-order valence-electron chi connectivity index (χ0n) is 23.0. The van der Waals surface area contributed by atoms with Gasteiger partial charge in [0.15, 0.2) is 0 Å². The van der Waals surface area contributed by atoms with Crippen LogP contribution in [-0.2, 0) is 9.59 Å². The van der Waals surface area contributed by atoms with Gasteiger partial charge in [-0.15, -0.1) is 5.10 Å². The average Bonchev–Trinajstić information content (AvgIpc) is 3.51.